The Morgan fingerprint density at radius 2 is 2.17 bits per heavy atom. The molecule has 0 spiro atoms. The van der Waals surface area contributed by atoms with E-state index in [1.807, 2.05) is 26.8 Å². The predicted molar refractivity (Wildman–Crippen MR) is 89.3 cm³/mol. The monoisotopic (exact) mass is 337 g/mol. The van der Waals surface area contributed by atoms with Crippen LogP contribution in [0.15, 0.2) is 6.07 Å². The molecule has 2 rings (SSSR count). The van der Waals surface area contributed by atoms with Crippen LogP contribution < -0.4 is 0 Å². The van der Waals surface area contributed by atoms with Gasteiger partial charge in [-0.15, -0.1) is 0 Å². The van der Waals surface area contributed by atoms with Gasteiger partial charge in [-0.3, -0.25) is 4.79 Å². The van der Waals surface area contributed by atoms with Gasteiger partial charge in [0, 0.05) is 30.1 Å². The molecule has 24 heavy (non-hydrogen) atoms. The van der Waals surface area contributed by atoms with Crippen molar-refractivity contribution in [2.24, 2.45) is 0 Å². The van der Waals surface area contributed by atoms with E-state index >= 15 is 0 Å². The van der Waals surface area contributed by atoms with Gasteiger partial charge in [-0.1, -0.05) is 0 Å². The van der Waals surface area contributed by atoms with E-state index in [1.165, 1.54) is 0 Å². The minimum Gasteiger partial charge on any atom is -0.455 e. The van der Waals surface area contributed by atoms with Crippen molar-refractivity contribution in [3.05, 3.63) is 23.0 Å². The molecule has 1 fully saturated rings. The average molecular weight is 337 g/mol. The summed E-state index contributed by atoms with van der Waals surface area (Å²) in [5.74, 6) is -0.715. The standard InChI is InChI=1S/C18H27NO5/c1-5-19-12(2)9-16(13(19)3)17(20)11-24-18(21)14(4)23-10-15-7-6-8-22-15/h9,14-15H,5-8,10-11H2,1-4H3. The summed E-state index contributed by atoms with van der Waals surface area (Å²) in [4.78, 5) is 24.2. The van der Waals surface area contributed by atoms with E-state index in [0.29, 0.717) is 12.2 Å². The van der Waals surface area contributed by atoms with Gasteiger partial charge in [0.2, 0.25) is 5.78 Å². The summed E-state index contributed by atoms with van der Waals surface area (Å²) < 4.78 is 18.1. The van der Waals surface area contributed by atoms with Crippen LogP contribution in [0.4, 0.5) is 0 Å². The fraction of sp³-hybridized carbons (Fsp3) is 0.667. The maximum absolute atomic E-state index is 12.3. The smallest absolute Gasteiger partial charge is 0.335 e. The first-order valence-corrected chi connectivity index (χ1v) is 8.53. The van der Waals surface area contributed by atoms with Gasteiger partial charge in [-0.25, -0.2) is 4.79 Å². The van der Waals surface area contributed by atoms with Crippen LogP contribution in [0.5, 0.6) is 0 Å². The quantitative estimate of drug-likeness (QED) is 0.538. The number of carbonyl (C=O) groups excluding carboxylic acids is 2. The number of aryl methyl sites for hydroxylation is 1. The van der Waals surface area contributed by atoms with Gasteiger partial charge in [0.1, 0.15) is 0 Å². The zero-order chi connectivity index (χ0) is 17.7. The molecule has 134 valence electrons. The molecule has 0 amide bonds. The first kappa shape index (κ1) is 18.7. The lowest BCUT2D eigenvalue weighted by molar-refractivity contribution is -0.156. The Morgan fingerprint density at radius 1 is 1.42 bits per heavy atom. The Morgan fingerprint density at radius 3 is 2.75 bits per heavy atom. The highest BCUT2D eigenvalue weighted by Crippen LogP contribution is 2.16. The van der Waals surface area contributed by atoms with Gasteiger partial charge < -0.3 is 18.8 Å². The number of hydrogen-bond donors (Lipinski definition) is 0. The molecule has 6 nitrogen and oxygen atoms in total. The van der Waals surface area contributed by atoms with Gasteiger partial charge in [0.15, 0.2) is 12.7 Å². The van der Waals surface area contributed by atoms with Gasteiger partial charge in [0.25, 0.3) is 0 Å². The minimum atomic E-state index is -0.704. The molecule has 0 bridgehead atoms. The van der Waals surface area contributed by atoms with Gasteiger partial charge in [0.05, 0.1) is 12.7 Å². The summed E-state index contributed by atoms with van der Waals surface area (Å²) in [5.41, 5.74) is 2.53. The molecular weight excluding hydrogens is 310 g/mol. The third-order valence-corrected chi connectivity index (χ3v) is 4.42. The fourth-order valence-electron chi connectivity index (χ4n) is 3.00. The zero-order valence-corrected chi connectivity index (χ0v) is 15.0. The van der Waals surface area contributed by atoms with Crippen molar-refractivity contribution < 1.29 is 23.8 Å². The topological polar surface area (TPSA) is 66.8 Å². The number of carbonyl (C=O) groups is 2. The lowest BCUT2D eigenvalue weighted by Crippen LogP contribution is -2.29. The highest BCUT2D eigenvalue weighted by atomic mass is 16.6. The molecule has 1 aliphatic heterocycles. The largest absolute Gasteiger partial charge is 0.455 e. The van der Waals surface area contributed by atoms with Crippen LogP contribution in [0.2, 0.25) is 0 Å². The second-order valence-corrected chi connectivity index (χ2v) is 6.17. The predicted octanol–water partition coefficient (Wildman–Crippen LogP) is 2.43. The van der Waals surface area contributed by atoms with E-state index in [0.717, 1.165) is 37.4 Å². The van der Waals surface area contributed by atoms with E-state index in [4.69, 9.17) is 14.2 Å². The van der Waals surface area contributed by atoms with Crippen molar-refractivity contribution in [1.29, 1.82) is 0 Å². The first-order chi connectivity index (χ1) is 11.4. The lowest BCUT2D eigenvalue weighted by Gasteiger charge is -2.15. The number of ether oxygens (including phenoxy) is 3. The zero-order valence-electron chi connectivity index (χ0n) is 15.0. The van der Waals surface area contributed by atoms with Gasteiger partial charge >= 0.3 is 5.97 Å². The molecule has 0 aromatic carbocycles. The van der Waals surface area contributed by atoms with E-state index in [9.17, 15) is 9.59 Å². The normalized spacial score (nSPS) is 18.6. The van der Waals surface area contributed by atoms with Crippen molar-refractivity contribution in [2.45, 2.75) is 59.3 Å². The highest BCUT2D eigenvalue weighted by Gasteiger charge is 2.22. The van der Waals surface area contributed by atoms with E-state index in [1.54, 1.807) is 6.92 Å². The third kappa shape index (κ3) is 4.45. The Bertz CT molecular complexity index is 586. The summed E-state index contributed by atoms with van der Waals surface area (Å²) in [6.45, 7) is 9.18. The summed E-state index contributed by atoms with van der Waals surface area (Å²) in [6, 6.07) is 1.84. The van der Waals surface area contributed by atoms with E-state index in [2.05, 4.69) is 4.57 Å². The van der Waals surface area contributed by atoms with Crippen LogP contribution in [0.25, 0.3) is 0 Å². The molecule has 1 aromatic heterocycles. The van der Waals surface area contributed by atoms with Crippen LogP contribution in [-0.4, -0.2) is 48.3 Å². The third-order valence-electron chi connectivity index (χ3n) is 4.42. The molecule has 1 aromatic rings. The minimum absolute atomic E-state index is 0.0568. The van der Waals surface area contributed by atoms with Crippen molar-refractivity contribution >= 4 is 11.8 Å². The number of hydrogen-bond acceptors (Lipinski definition) is 5. The van der Waals surface area contributed by atoms with Crippen LogP contribution >= 0.6 is 0 Å². The Labute approximate surface area is 143 Å². The van der Waals surface area contributed by atoms with Crippen molar-refractivity contribution in [3.8, 4) is 0 Å². The Balaban J connectivity index is 1.81. The summed E-state index contributed by atoms with van der Waals surface area (Å²) >= 11 is 0. The summed E-state index contributed by atoms with van der Waals surface area (Å²) in [6.07, 6.45) is 1.33. The van der Waals surface area contributed by atoms with Gasteiger partial charge in [-0.05, 0) is 46.6 Å². The number of aromatic nitrogens is 1. The molecule has 0 N–H and O–H groups in total. The van der Waals surface area contributed by atoms with E-state index in [-0.39, 0.29) is 18.5 Å². The molecular formula is C18H27NO5. The number of esters is 1. The molecule has 0 aliphatic carbocycles. The molecule has 1 aliphatic rings. The number of Topliss-reactive ketones (excluding diaryl/α,β-unsaturated/α-hetero) is 1. The molecule has 2 unspecified atom stereocenters. The van der Waals surface area contributed by atoms with Crippen molar-refractivity contribution in [1.82, 2.24) is 4.57 Å². The number of nitrogens with zero attached hydrogens (tertiary/aromatic N) is 1. The second kappa shape index (κ2) is 8.44. The molecule has 2 atom stereocenters. The van der Waals surface area contributed by atoms with Crippen LogP contribution in [0.1, 0.15) is 48.4 Å². The number of rotatable bonds is 8. The SMILES string of the molecule is CCn1c(C)cc(C(=O)COC(=O)C(C)OCC2CCCO2)c1C. The average Bonchev–Trinajstić information content (AvgIpc) is 3.17. The first-order valence-electron chi connectivity index (χ1n) is 8.53. The Hall–Kier alpha value is -1.66. The van der Waals surface area contributed by atoms with Crippen LogP contribution in [-0.2, 0) is 25.5 Å². The van der Waals surface area contributed by atoms with Crippen LogP contribution in [0.3, 0.4) is 0 Å². The molecule has 0 saturated carbocycles. The van der Waals surface area contributed by atoms with Crippen LogP contribution in [0, 0.1) is 13.8 Å². The maximum atomic E-state index is 12.3. The molecule has 0 radical (unpaired) electrons. The lowest BCUT2D eigenvalue weighted by atomic mass is 10.1. The van der Waals surface area contributed by atoms with Crippen molar-refractivity contribution in [3.63, 3.8) is 0 Å². The maximum Gasteiger partial charge on any atom is 0.335 e. The number of ketones is 1. The summed E-state index contributed by atoms with van der Waals surface area (Å²) in [7, 11) is 0. The highest BCUT2D eigenvalue weighted by molar-refractivity contribution is 5.99. The van der Waals surface area contributed by atoms with Gasteiger partial charge in [-0.2, -0.15) is 0 Å². The summed E-state index contributed by atoms with van der Waals surface area (Å²) in [5, 5.41) is 0. The van der Waals surface area contributed by atoms with E-state index < -0.39 is 12.1 Å². The Kier molecular flexibility index (Phi) is 6.57. The molecule has 2 heterocycles. The molecule has 6 heteroatoms. The van der Waals surface area contributed by atoms with Crippen molar-refractivity contribution in [2.75, 3.05) is 19.8 Å². The molecule has 1 saturated heterocycles. The fourth-order valence-corrected chi connectivity index (χ4v) is 3.00. The second-order valence-electron chi connectivity index (χ2n) is 6.17.